The second-order valence-electron chi connectivity index (χ2n) is 7.54. The molecule has 0 amide bonds. The van der Waals surface area contributed by atoms with Gasteiger partial charge in [-0.1, -0.05) is 17.3 Å². The molecule has 3 aromatic rings. The lowest BCUT2D eigenvalue weighted by Crippen LogP contribution is -2.61. The Labute approximate surface area is 191 Å². The van der Waals surface area contributed by atoms with Crippen LogP contribution < -0.4 is 4.72 Å². The minimum Gasteiger partial charge on any atom is -0.394 e. The smallest absolute Gasteiger partial charge is 0.242 e. The van der Waals surface area contributed by atoms with Crippen LogP contribution >= 0.6 is 0 Å². The second kappa shape index (κ2) is 9.40. The quantitative estimate of drug-likeness (QED) is 0.379. The van der Waals surface area contributed by atoms with Gasteiger partial charge in [-0.2, -0.15) is 4.72 Å². The van der Waals surface area contributed by atoms with Crippen LogP contribution in [-0.2, 0) is 14.8 Å². The number of nitrogens with one attached hydrogen (secondary N) is 1. The van der Waals surface area contributed by atoms with E-state index >= 15 is 0 Å². The predicted molar refractivity (Wildman–Crippen MR) is 109 cm³/mol. The first-order valence-electron chi connectivity index (χ1n) is 9.88. The topological polar surface area (TPSA) is 147 Å². The van der Waals surface area contributed by atoms with Gasteiger partial charge in [-0.3, -0.25) is 0 Å². The number of benzene rings is 2. The van der Waals surface area contributed by atoms with Crippen LogP contribution in [-0.4, -0.2) is 69.9 Å². The number of aromatic nitrogens is 3. The van der Waals surface area contributed by atoms with E-state index in [-0.39, 0.29) is 5.69 Å². The molecule has 14 heteroatoms. The molecule has 182 valence electrons. The maximum atomic E-state index is 13.5. The largest absolute Gasteiger partial charge is 0.394 e. The van der Waals surface area contributed by atoms with Crippen LogP contribution in [0.5, 0.6) is 0 Å². The highest BCUT2D eigenvalue weighted by Crippen LogP contribution is 2.31. The van der Waals surface area contributed by atoms with E-state index in [1.165, 1.54) is 24.4 Å². The molecule has 2 heterocycles. The molecular formula is C20H19F3N4O6S. The monoisotopic (exact) mass is 500 g/mol. The van der Waals surface area contributed by atoms with Crippen LogP contribution in [0.3, 0.4) is 0 Å². The summed E-state index contributed by atoms with van der Waals surface area (Å²) < 4.78 is 74.0. The van der Waals surface area contributed by atoms with E-state index in [0.717, 1.165) is 10.7 Å². The molecule has 34 heavy (non-hydrogen) atoms. The summed E-state index contributed by atoms with van der Waals surface area (Å²) >= 11 is 0. The van der Waals surface area contributed by atoms with Crippen molar-refractivity contribution in [2.24, 2.45) is 0 Å². The van der Waals surface area contributed by atoms with E-state index in [4.69, 9.17) is 4.74 Å². The van der Waals surface area contributed by atoms with E-state index in [2.05, 4.69) is 10.3 Å². The normalized spacial score (nSPS) is 25.4. The van der Waals surface area contributed by atoms with Gasteiger partial charge in [-0.25, -0.2) is 26.3 Å². The van der Waals surface area contributed by atoms with Gasteiger partial charge in [0.15, 0.2) is 11.6 Å². The molecular weight excluding hydrogens is 481 g/mol. The molecule has 1 fully saturated rings. The molecule has 1 aliphatic heterocycles. The highest BCUT2D eigenvalue weighted by Gasteiger charge is 2.47. The zero-order valence-corrected chi connectivity index (χ0v) is 18.0. The molecule has 1 aromatic heterocycles. The first-order chi connectivity index (χ1) is 16.1. The lowest BCUT2D eigenvalue weighted by atomic mass is 9.96. The van der Waals surface area contributed by atoms with Crippen molar-refractivity contribution in [3.8, 4) is 11.3 Å². The van der Waals surface area contributed by atoms with Gasteiger partial charge in [0.2, 0.25) is 10.0 Å². The maximum Gasteiger partial charge on any atom is 0.242 e. The van der Waals surface area contributed by atoms with Crippen molar-refractivity contribution in [2.75, 3.05) is 6.61 Å². The first-order valence-corrected chi connectivity index (χ1v) is 11.4. The number of nitrogens with zero attached hydrogens (tertiary/aromatic N) is 3. The van der Waals surface area contributed by atoms with Crippen molar-refractivity contribution in [3.63, 3.8) is 0 Å². The SMILES string of the molecule is O=S(=O)(N[C@@H]1O[C@H](CO)[C@H](O)[C@H](n2cc(-c3cccc(F)c3)nn2)[C@H]1O)c1ccc(F)c(F)c1. The lowest BCUT2D eigenvalue weighted by Gasteiger charge is -2.42. The molecule has 0 bridgehead atoms. The summed E-state index contributed by atoms with van der Waals surface area (Å²) in [6.45, 7) is -0.751. The Kier molecular flexibility index (Phi) is 6.71. The standard InChI is InChI=1S/C20H19F3N4O6S/c21-11-3-1-2-10(6-11)15-8-27(26-24-15)17-18(29)16(9-28)33-20(19(17)30)25-34(31,32)12-4-5-13(22)14(23)7-12/h1-8,16-20,25,28-30H,9H2/t16-,17+,18+,19-,20-/m1/s1. The summed E-state index contributed by atoms with van der Waals surface area (Å²) in [5.74, 6) is -3.18. The summed E-state index contributed by atoms with van der Waals surface area (Å²) in [6.07, 6.45) is -5.09. The Morgan fingerprint density at radius 2 is 1.82 bits per heavy atom. The van der Waals surface area contributed by atoms with Crippen LogP contribution in [0.4, 0.5) is 13.2 Å². The number of rotatable bonds is 6. The van der Waals surface area contributed by atoms with Crippen LogP contribution in [0.15, 0.2) is 53.6 Å². The summed E-state index contributed by atoms with van der Waals surface area (Å²) in [7, 11) is -4.52. The molecule has 1 aliphatic rings. The summed E-state index contributed by atoms with van der Waals surface area (Å²) in [4.78, 5) is -0.639. The molecule has 0 radical (unpaired) electrons. The second-order valence-corrected chi connectivity index (χ2v) is 9.25. The van der Waals surface area contributed by atoms with Crippen molar-refractivity contribution in [1.29, 1.82) is 0 Å². The van der Waals surface area contributed by atoms with Crippen LogP contribution in [0.2, 0.25) is 0 Å². The number of ether oxygens (including phenoxy) is 1. The number of hydrogen-bond acceptors (Lipinski definition) is 8. The van der Waals surface area contributed by atoms with Crippen molar-refractivity contribution in [3.05, 3.63) is 66.1 Å². The Morgan fingerprint density at radius 3 is 2.50 bits per heavy atom. The van der Waals surface area contributed by atoms with Crippen molar-refractivity contribution in [1.82, 2.24) is 19.7 Å². The summed E-state index contributed by atoms with van der Waals surface area (Å²) in [5.41, 5.74) is 0.557. The number of aliphatic hydroxyl groups is 3. The van der Waals surface area contributed by atoms with Gasteiger partial charge in [0.1, 0.15) is 42.1 Å². The van der Waals surface area contributed by atoms with Gasteiger partial charge >= 0.3 is 0 Å². The van der Waals surface area contributed by atoms with E-state index in [1.807, 2.05) is 4.72 Å². The zero-order chi connectivity index (χ0) is 24.6. The third kappa shape index (κ3) is 4.68. The third-order valence-electron chi connectivity index (χ3n) is 5.30. The Morgan fingerprint density at radius 1 is 1.06 bits per heavy atom. The molecule has 4 rings (SSSR count). The molecule has 2 aromatic carbocycles. The van der Waals surface area contributed by atoms with Gasteiger partial charge in [0, 0.05) is 5.56 Å². The fourth-order valence-corrected chi connectivity index (χ4v) is 4.72. The van der Waals surface area contributed by atoms with E-state index < -0.39 is 69.6 Å². The molecule has 0 spiro atoms. The molecule has 0 unspecified atom stereocenters. The number of sulfonamides is 1. The van der Waals surface area contributed by atoms with Gasteiger partial charge in [-0.05, 0) is 30.3 Å². The summed E-state index contributed by atoms with van der Waals surface area (Å²) in [5, 5.41) is 38.8. The number of hydrogen-bond donors (Lipinski definition) is 4. The Balaban J connectivity index is 1.63. The van der Waals surface area contributed by atoms with Gasteiger partial charge in [0.05, 0.1) is 17.7 Å². The third-order valence-corrected chi connectivity index (χ3v) is 6.72. The Hall–Kier alpha value is -2.88. The predicted octanol–water partition coefficient (Wildman–Crippen LogP) is 0.321. The fourth-order valence-electron chi connectivity index (χ4n) is 3.58. The highest BCUT2D eigenvalue weighted by molar-refractivity contribution is 7.89. The zero-order valence-electron chi connectivity index (χ0n) is 17.2. The van der Waals surface area contributed by atoms with Gasteiger partial charge < -0.3 is 20.1 Å². The average Bonchev–Trinajstić information content (AvgIpc) is 3.27. The van der Waals surface area contributed by atoms with Crippen LogP contribution in [0.1, 0.15) is 6.04 Å². The number of halogens is 3. The van der Waals surface area contributed by atoms with Crippen molar-refractivity contribution in [2.45, 2.75) is 35.5 Å². The van der Waals surface area contributed by atoms with Crippen LogP contribution in [0, 0.1) is 17.5 Å². The minimum absolute atomic E-state index is 0.199. The molecule has 0 aliphatic carbocycles. The Bertz CT molecular complexity index is 1290. The molecule has 5 atom stereocenters. The number of aliphatic hydroxyl groups excluding tert-OH is 3. The summed E-state index contributed by atoms with van der Waals surface area (Å²) in [6, 6.07) is 5.97. The van der Waals surface area contributed by atoms with Gasteiger partial charge in [-0.15, -0.1) is 5.10 Å². The molecule has 4 N–H and O–H groups in total. The maximum absolute atomic E-state index is 13.5. The molecule has 0 saturated carbocycles. The van der Waals surface area contributed by atoms with E-state index in [1.54, 1.807) is 6.07 Å². The molecule has 10 nitrogen and oxygen atoms in total. The molecule has 1 saturated heterocycles. The van der Waals surface area contributed by atoms with Crippen molar-refractivity contribution < 1.29 is 41.6 Å². The van der Waals surface area contributed by atoms with Gasteiger partial charge in [0.25, 0.3) is 0 Å². The fraction of sp³-hybridized carbons (Fsp3) is 0.300. The first kappa shape index (κ1) is 24.3. The minimum atomic E-state index is -4.52. The van der Waals surface area contributed by atoms with Crippen molar-refractivity contribution >= 4 is 10.0 Å². The lowest BCUT2D eigenvalue weighted by molar-refractivity contribution is -0.208. The average molecular weight is 500 g/mol. The highest BCUT2D eigenvalue weighted by atomic mass is 32.2. The van der Waals surface area contributed by atoms with Crippen LogP contribution in [0.25, 0.3) is 11.3 Å². The van der Waals surface area contributed by atoms with E-state index in [0.29, 0.717) is 17.7 Å². The van der Waals surface area contributed by atoms with E-state index in [9.17, 15) is 36.9 Å².